The Morgan fingerprint density at radius 3 is 2.33 bits per heavy atom. The van der Waals surface area contributed by atoms with Gasteiger partial charge in [-0.1, -0.05) is 0 Å². The molecule has 1 aromatic rings. The van der Waals surface area contributed by atoms with Gasteiger partial charge < -0.3 is 14.9 Å². The van der Waals surface area contributed by atoms with Gasteiger partial charge in [0.2, 0.25) is 0 Å². The van der Waals surface area contributed by atoms with E-state index in [1.807, 2.05) is 0 Å². The lowest BCUT2D eigenvalue weighted by atomic mass is 10.2. The first-order chi connectivity index (χ1) is 8.21. The Bertz CT molecular complexity index is 593. The molecule has 1 rings (SSSR count). The Morgan fingerprint density at radius 1 is 1.28 bits per heavy atom. The van der Waals surface area contributed by atoms with E-state index in [-0.39, 0.29) is 5.75 Å². The molecule has 0 bridgehead atoms. The van der Waals surface area contributed by atoms with Gasteiger partial charge in [0, 0.05) is 10.7 Å². The Kier molecular flexibility index (Phi) is 4.15. The Labute approximate surface area is 106 Å². The molecule has 0 amide bonds. The monoisotopic (exact) mass is 294 g/mol. The van der Waals surface area contributed by atoms with Crippen molar-refractivity contribution in [2.75, 3.05) is 6.61 Å². The lowest BCUT2D eigenvalue weighted by Gasteiger charge is -2.07. The number of carbonyl (C=O) groups is 2. The number of halogens is 1. The third-order valence-corrected chi connectivity index (χ3v) is 3.17. The van der Waals surface area contributed by atoms with Gasteiger partial charge in [-0.15, -0.1) is 0 Å². The molecule has 0 heterocycles. The maximum Gasteiger partial charge on any atom is 0.341 e. The summed E-state index contributed by atoms with van der Waals surface area (Å²) >= 11 is 0. The first kappa shape index (κ1) is 14.3. The molecule has 0 saturated carbocycles. The number of ether oxygens (including phenoxy) is 1. The molecule has 98 valence electrons. The van der Waals surface area contributed by atoms with E-state index < -0.39 is 38.1 Å². The highest BCUT2D eigenvalue weighted by Crippen LogP contribution is 2.24. The highest BCUT2D eigenvalue weighted by molar-refractivity contribution is 8.13. The van der Waals surface area contributed by atoms with Gasteiger partial charge in [0.25, 0.3) is 9.05 Å². The largest absolute Gasteiger partial charge is 0.481 e. The van der Waals surface area contributed by atoms with Gasteiger partial charge in [-0.3, -0.25) is 0 Å². The number of benzene rings is 1. The van der Waals surface area contributed by atoms with E-state index in [2.05, 4.69) is 0 Å². The molecule has 0 aliphatic carbocycles. The number of aliphatic carboxylic acids is 1. The van der Waals surface area contributed by atoms with Gasteiger partial charge in [0.05, 0.1) is 4.90 Å². The van der Waals surface area contributed by atoms with Crippen LogP contribution >= 0.6 is 10.7 Å². The van der Waals surface area contributed by atoms with E-state index >= 15 is 0 Å². The maximum atomic E-state index is 11.0. The van der Waals surface area contributed by atoms with Crippen LogP contribution in [0.3, 0.4) is 0 Å². The molecule has 9 heteroatoms. The van der Waals surface area contributed by atoms with Crippen LogP contribution < -0.4 is 4.74 Å². The van der Waals surface area contributed by atoms with Gasteiger partial charge >= 0.3 is 11.9 Å². The molecule has 18 heavy (non-hydrogen) atoms. The number of aromatic carboxylic acids is 1. The fourth-order valence-corrected chi connectivity index (χ4v) is 1.87. The average molecular weight is 295 g/mol. The van der Waals surface area contributed by atoms with E-state index in [1.165, 1.54) is 0 Å². The van der Waals surface area contributed by atoms with Crippen LogP contribution in [0, 0.1) is 0 Å². The SMILES string of the molecule is O=C(O)COc1ccc(S(=O)(=O)Cl)cc1C(=O)O. The van der Waals surface area contributed by atoms with Crippen molar-refractivity contribution in [1.29, 1.82) is 0 Å². The number of carboxylic acids is 2. The van der Waals surface area contributed by atoms with Crippen molar-refractivity contribution in [2.45, 2.75) is 4.90 Å². The van der Waals surface area contributed by atoms with Crippen molar-refractivity contribution >= 4 is 31.7 Å². The molecule has 0 saturated heterocycles. The zero-order valence-electron chi connectivity index (χ0n) is 8.66. The van der Waals surface area contributed by atoms with Crippen LogP contribution in [0.2, 0.25) is 0 Å². The molecule has 0 fully saturated rings. The van der Waals surface area contributed by atoms with Crippen LogP contribution in [-0.2, 0) is 13.8 Å². The van der Waals surface area contributed by atoms with Crippen molar-refractivity contribution in [3.63, 3.8) is 0 Å². The maximum absolute atomic E-state index is 11.0. The third kappa shape index (κ3) is 3.60. The number of hydrogen-bond acceptors (Lipinski definition) is 5. The first-order valence-corrected chi connectivity index (χ1v) is 6.69. The van der Waals surface area contributed by atoms with Crippen molar-refractivity contribution in [3.05, 3.63) is 23.8 Å². The molecule has 0 radical (unpaired) electrons. The predicted molar refractivity (Wildman–Crippen MR) is 59.6 cm³/mol. The van der Waals surface area contributed by atoms with E-state index in [1.54, 1.807) is 0 Å². The van der Waals surface area contributed by atoms with Gasteiger partial charge in [0.1, 0.15) is 11.3 Å². The summed E-state index contributed by atoms with van der Waals surface area (Å²) in [7, 11) is 0.990. The second kappa shape index (κ2) is 5.23. The predicted octanol–water partition coefficient (Wildman–Crippen LogP) is 0.776. The molecule has 0 unspecified atom stereocenters. The summed E-state index contributed by atoms with van der Waals surface area (Å²) in [5.74, 6) is -3.01. The van der Waals surface area contributed by atoms with E-state index in [0.29, 0.717) is 0 Å². The molecule has 0 aromatic heterocycles. The summed E-state index contributed by atoms with van der Waals surface area (Å²) in [6, 6.07) is 2.84. The molecular formula is C9H7ClO7S. The summed E-state index contributed by atoms with van der Waals surface area (Å²) in [5, 5.41) is 17.3. The minimum Gasteiger partial charge on any atom is -0.481 e. The van der Waals surface area contributed by atoms with Gasteiger partial charge in [-0.25, -0.2) is 18.0 Å². The van der Waals surface area contributed by atoms with Crippen LogP contribution in [0.25, 0.3) is 0 Å². The van der Waals surface area contributed by atoms with Gasteiger partial charge in [0.15, 0.2) is 6.61 Å². The van der Waals surface area contributed by atoms with Crippen LogP contribution in [0.5, 0.6) is 5.75 Å². The van der Waals surface area contributed by atoms with Crippen LogP contribution in [0.4, 0.5) is 0 Å². The Balaban J connectivity index is 3.21. The topological polar surface area (TPSA) is 118 Å². The second-order valence-corrected chi connectivity index (χ2v) is 5.65. The van der Waals surface area contributed by atoms with Crippen molar-refractivity contribution in [1.82, 2.24) is 0 Å². The number of carboxylic acid groups (broad SMARTS) is 2. The molecular weight excluding hydrogens is 288 g/mol. The molecule has 0 aliphatic heterocycles. The van der Waals surface area contributed by atoms with E-state index in [4.69, 9.17) is 25.6 Å². The Hall–Kier alpha value is -1.80. The quantitative estimate of drug-likeness (QED) is 0.770. The Morgan fingerprint density at radius 2 is 1.89 bits per heavy atom. The van der Waals surface area contributed by atoms with Crippen LogP contribution in [0.15, 0.2) is 23.1 Å². The zero-order valence-corrected chi connectivity index (χ0v) is 10.2. The fourth-order valence-electron chi connectivity index (χ4n) is 1.09. The lowest BCUT2D eigenvalue weighted by molar-refractivity contribution is -0.139. The summed E-state index contributed by atoms with van der Waals surface area (Å²) in [6.07, 6.45) is 0. The summed E-state index contributed by atoms with van der Waals surface area (Å²) < 4.78 is 26.8. The van der Waals surface area contributed by atoms with Crippen LogP contribution in [0.1, 0.15) is 10.4 Å². The highest BCUT2D eigenvalue weighted by Gasteiger charge is 2.18. The highest BCUT2D eigenvalue weighted by atomic mass is 35.7. The van der Waals surface area contributed by atoms with Crippen molar-refractivity contribution < 1.29 is 33.0 Å². The van der Waals surface area contributed by atoms with E-state index in [9.17, 15) is 18.0 Å². The number of rotatable bonds is 5. The first-order valence-electron chi connectivity index (χ1n) is 4.38. The fraction of sp³-hybridized carbons (Fsp3) is 0.111. The summed E-state index contributed by atoms with van der Waals surface area (Å²) in [4.78, 5) is 20.8. The molecule has 2 N–H and O–H groups in total. The normalized spacial score (nSPS) is 10.9. The van der Waals surface area contributed by atoms with Crippen LogP contribution in [-0.4, -0.2) is 37.2 Å². The molecule has 0 spiro atoms. The smallest absolute Gasteiger partial charge is 0.341 e. The second-order valence-electron chi connectivity index (χ2n) is 3.08. The third-order valence-electron chi connectivity index (χ3n) is 1.81. The summed E-state index contributed by atoms with van der Waals surface area (Å²) in [6.45, 7) is -0.743. The lowest BCUT2D eigenvalue weighted by Crippen LogP contribution is -2.12. The van der Waals surface area contributed by atoms with Crippen molar-refractivity contribution in [3.8, 4) is 5.75 Å². The van der Waals surface area contributed by atoms with Crippen molar-refractivity contribution in [2.24, 2.45) is 0 Å². The van der Waals surface area contributed by atoms with E-state index in [0.717, 1.165) is 18.2 Å². The molecule has 0 aliphatic rings. The number of hydrogen-bond donors (Lipinski definition) is 2. The summed E-state index contributed by atoms with van der Waals surface area (Å²) in [5.41, 5.74) is -0.488. The molecule has 1 aromatic carbocycles. The standard InChI is InChI=1S/C9H7ClO7S/c10-18(15,16)5-1-2-7(17-4-8(11)12)6(3-5)9(13)14/h1-3H,4H2,(H,11,12)(H,13,14). The van der Waals surface area contributed by atoms with Gasteiger partial charge in [-0.2, -0.15) is 0 Å². The van der Waals surface area contributed by atoms with Gasteiger partial charge in [-0.05, 0) is 18.2 Å². The molecule has 0 atom stereocenters. The zero-order chi connectivity index (χ0) is 13.9. The minimum atomic E-state index is -4.07. The molecule has 7 nitrogen and oxygen atoms in total. The minimum absolute atomic E-state index is 0.256. The average Bonchev–Trinajstić information content (AvgIpc) is 2.24.